The van der Waals surface area contributed by atoms with Gasteiger partial charge in [0.05, 0.1) is 12.7 Å². The summed E-state index contributed by atoms with van der Waals surface area (Å²) in [6, 6.07) is 5.92. The zero-order valence-corrected chi connectivity index (χ0v) is 16.6. The van der Waals surface area contributed by atoms with Gasteiger partial charge >= 0.3 is 0 Å². The number of carbonyl (C=O) groups is 2. The Morgan fingerprint density at radius 2 is 2.15 bits per heavy atom. The highest BCUT2D eigenvalue weighted by Gasteiger charge is 2.61. The zero-order chi connectivity index (χ0) is 19.8. The van der Waals surface area contributed by atoms with Crippen LogP contribution >= 0.6 is 0 Å². The molecule has 0 spiro atoms. The summed E-state index contributed by atoms with van der Waals surface area (Å²) in [4.78, 5) is 25.4. The van der Waals surface area contributed by atoms with Crippen LogP contribution in [0.5, 0.6) is 5.75 Å². The highest BCUT2D eigenvalue weighted by Crippen LogP contribution is 2.56. The second-order valence-corrected chi connectivity index (χ2v) is 8.16. The topological polar surface area (TPSA) is 78.9 Å². The van der Waals surface area contributed by atoms with Crippen LogP contribution in [0.3, 0.4) is 0 Å². The Balaban J connectivity index is 2.14. The lowest BCUT2D eigenvalue weighted by molar-refractivity contribution is -0.163. The van der Waals surface area contributed by atoms with Crippen molar-refractivity contribution in [1.82, 2.24) is 10.2 Å². The minimum atomic E-state index is -0.949. The summed E-state index contributed by atoms with van der Waals surface area (Å²) in [6.45, 7) is 4.94. The molecule has 0 radical (unpaired) electrons. The van der Waals surface area contributed by atoms with Crippen LogP contribution in [-0.2, 0) is 15.0 Å². The van der Waals surface area contributed by atoms with Gasteiger partial charge in [-0.2, -0.15) is 0 Å². The molecule has 6 heteroatoms. The van der Waals surface area contributed by atoms with Gasteiger partial charge in [-0.3, -0.25) is 14.9 Å². The predicted octanol–water partition coefficient (Wildman–Crippen LogP) is 1.77. The lowest BCUT2D eigenvalue weighted by Crippen LogP contribution is -2.69. The number of nitrogens with zero attached hydrogens (tertiary/aromatic N) is 1. The standard InChI is InChI=1S/C21H30N2O4/c1-14-5-6-17(27-4)11-18(14)20-9-10-23(3)15(2)21(20,26)8-7-16(12-20)19(25)22-13-24/h5-6,11,13,15-16,26H,7-10,12H2,1-4H3,(H,22,24,25). The molecule has 148 valence electrons. The van der Waals surface area contributed by atoms with Crippen LogP contribution in [0.25, 0.3) is 0 Å². The number of rotatable bonds is 4. The number of ether oxygens (including phenoxy) is 1. The molecule has 1 aromatic rings. The van der Waals surface area contributed by atoms with E-state index in [1.165, 1.54) is 0 Å². The molecule has 2 aliphatic rings. The van der Waals surface area contributed by atoms with Gasteiger partial charge < -0.3 is 14.7 Å². The maximum absolute atomic E-state index is 12.4. The number of hydrogen-bond donors (Lipinski definition) is 2. The van der Waals surface area contributed by atoms with Crippen LogP contribution in [0.15, 0.2) is 18.2 Å². The number of imide groups is 1. The minimum Gasteiger partial charge on any atom is -0.497 e. The average molecular weight is 374 g/mol. The molecule has 2 N–H and O–H groups in total. The Hall–Kier alpha value is -1.92. The molecule has 6 nitrogen and oxygen atoms in total. The first-order valence-electron chi connectivity index (χ1n) is 9.61. The molecule has 1 saturated heterocycles. The molecular formula is C21H30N2O4. The van der Waals surface area contributed by atoms with Crippen molar-refractivity contribution in [3.63, 3.8) is 0 Å². The molecule has 1 aliphatic carbocycles. The monoisotopic (exact) mass is 374 g/mol. The summed E-state index contributed by atoms with van der Waals surface area (Å²) in [7, 11) is 3.67. The molecule has 1 aromatic carbocycles. The highest BCUT2D eigenvalue weighted by atomic mass is 16.5. The number of aryl methyl sites for hydroxylation is 1. The van der Waals surface area contributed by atoms with Crippen molar-refractivity contribution in [1.29, 1.82) is 0 Å². The number of benzene rings is 1. The van der Waals surface area contributed by atoms with E-state index in [0.717, 1.165) is 29.8 Å². The summed E-state index contributed by atoms with van der Waals surface area (Å²) in [5.41, 5.74) is 0.630. The van der Waals surface area contributed by atoms with E-state index < -0.39 is 11.0 Å². The van der Waals surface area contributed by atoms with Gasteiger partial charge in [0, 0.05) is 17.4 Å². The number of hydrogen-bond acceptors (Lipinski definition) is 5. The Bertz CT molecular complexity index is 737. The van der Waals surface area contributed by atoms with Crippen LogP contribution in [0.1, 0.15) is 43.7 Å². The lowest BCUT2D eigenvalue weighted by atomic mass is 9.51. The van der Waals surface area contributed by atoms with Crippen LogP contribution in [-0.4, -0.2) is 54.7 Å². The summed E-state index contributed by atoms with van der Waals surface area (Å²) in [5, 5.41) is 14.3. The van der Waals surface area contributed by atoms with Gasteiger partial charge in [-0.15, -0.1) is 0 Å². The van der Waals surface area contributed by atoms with Gasteiger partial charge in [-0.25, -0.2) is 0 Å². The van der Waals surface area contributed by atoms with E-state index in [-0.39, 0.29) is 17.9 Å². The molecular weight excluding hydrogens is 344 g/mol. The minimum absolute atomic E-state index is 0.0352. The number of methoxy groups -OCH3 is 1. The second-order valence-electron chi connectivity index (χ2n) is 8.16. The average Bonchev–Trinajstić information content (AvgIpc) is 2.66. The van der Waals surface area contributed by atoms with Crippen molar-refractivity contribution in [2.75, 3.05) is 20.7 Å². The summed E-state index contributed by atoms with van der Waals surface area (Å²) in [6.07, 6.45) is 2.81. The highest BCUT2D eigenvalue weighted by molar-refractivity contribution is 5.87. The zero-order valence-electron chi connectivity index (χ0n) is 16.6. The first-order chi connectivity index (χ1) is 12.8. The summed E-state index contributed by atoms with van der Waals surface area (Å²) in [5.74, 6) is 0.202. The largest absolute Gasteiger partial charge is 0.497 e. The third-order valence-electron chi connectivity index (χ3n) is 7.07. The number of piperidine rings is 1. The molecule has 4 unspecified atom stereocenters. The van der Waals surface area contributed by atoms with E-state index in [1.807, 2.05) is 32.2 Å². The fraction of sp³-hybridized carbons (Fsp3) is 0.619. The molecule has 4 atom stereocenters. The predicted molar refractivity (Wildman–Crippen MR) is 103 cm³/mol. The van der Waals surface area contributed by atoms with E-state index in [4.69, 9.17) is 4.74 Å². The van der Waals surface area contributed by atoms with Crippen molar-refractivity contribution in [3.8, 4) is 5.75 Å². The Morgan fingerprint density at radius 3 is 2.81 bits per heavy atom. The van der Waals surface area contributed by atoms with E-state index in [0.29, 0.717) is 25.7 Å². The van der Waals surface area contributed by atoms with Crippen LogP contribution in [0, 0.1) is 12.8 Å². The number of likely N-dealkylation sites (N-methyl/N-ethyl adjacent to an activating group) is 1. The van der Waals surface area contributed by atoms with Gasteiger partial charge in [0.1, 0.15) is 5.75 Å². The number of fused-ring (bicyclic) bond motifs is 1. The van der Waals surface area contributed by atoms with E-state index >= 15 is 0 Å². The molecule has 0 aromatic heterocycles. The Morgan fingerprint density at radius 1 is 1.41 bits per heavy atom. The number of aliphatic hydroxyl groups is 1. The van der Waals surface area contributed by atoms with Crippen molar-refractivity contribution >= 4 is 12.3 Å². The van der Waals surface area contributed by atoms with Gasteiger partial charge in [0.15, 0.2) is 0 Å². The fourth-order valence-electron chi connectivity index (χ4n) is 5.31. The maximum atomic E-state index is 12.4. The van der Waals surface area contributed by atoms with Crippen molar-refractivity contribution in [2.45, 2.75) is 56.6 Å². The molecule has 2 amide bonds. The quantitative estimate of drug-likeness (QED) is 0.786. The SMILES string of the molecule is COc1ccc(C)c(C23CCN(C)C(C)C2(O)CCC(C(=O)NC=O)C3)c1. The number of amides is 2. The lowest BCUT2D eigenvalue weighted by Gasteiger charge is -2.61. The number of nitrogens with one attached hydrogen (secondary N) is 1. The maximum Gasteiger partial charge on any atom is 0.229 e. The third-order valence-corrected chi connectivity index (χ3v) is 7.07. The van der Waals surface area contributed by atoms with Crippen molar-refractivity contribution < 1.29 is 19.4 Å². The molecule has 1 aliphatic heterocycles. The van der Waals surface area contributed by atoms with Gasteiger partial charge in [0.25, 0.3) is 0 Å². The van der Waals surface area contributed by atoms with E-state index in [1.54, 1.807) is 7.11 Å². The molecule has 3 rings (SSSR count). The van der Waals surface area contributed by atoms with E-state index in [9.17, 15) is 14.7 Å². The number of carbonyl (C=O) groups excluding carboxylic acids is 2. The molecule has 1 heterocycles. The Labute approximate surface area is 160 Å². The third kappa shape index (κ3) is 3.05. The first kappa shape index (κ1) is 19.8. The summed E-state index contributed by atoms with van der Waals surface area (Å²) < 4.78 is 5.45. The molecule has 0 bridgehead atoms. The molecule has 2 fully saturated rings. The van der Waals surface area contributed by atoms with Crippen LogP contribution in [0.4, 0.5) is 0 Å². The van der Waals surface area contributed by atoms with Gasteiger partial charge in [-0.05, 0) is 76.4 Å². The fourth-order valence-corrected chi connectivity index (χ4v) is 5.31. The second kappa shape index (κ2) is 7.24. The van der Waals surface area contributed by atoms with Gasteiger partial charge in [-0.1, -0.05) is 6.07 Å². The van der Waals surface area contributed by atoms with Gasteiger partial charge in [0.2, 0.25) is 12.3 Å². The summed E-state index contributed by atoms with van der Waals surface area (Å²) >= 11 is 0. The number of likely N-dealkylation sites (tertiary alicyclic amines) is 1. The first-order valence-corrected chi connectivity index (χ1v) is 9.61. The smallest absolute Gasteiger partial charge is 0.229 e. The normalized spacial score (nSPS) is 33.8. The molecule has 1 saturated carbocycles. The van der Waals surface area contributed by atoms with Crippen LogP contribution < -0.4 is 10.1 Å². The van der Waals surface area contributed by atoms with Crippen molar-refractivity contribution in [2.24, 2.45) is 5.92 Å². The molecule has 27 heavy (non-hydrogen) atoms. The Kier molecular flexibility index (Phi) is 5.32. The van der Waals surface area contributed by atoms with Crippen LogP contribution in [0.2, 0.25) is 0 Å². The van der Waals surface area contributed by atoms with Crippen molar-refractivity contribution in [3.05, 3.63) is 29.3 Å². The van der Waals surface area contributed by atoms with E-state index in [2.05, 4.69) is 17.1 Å².